The highest BCUT2D eigenvalue weighted by Crippen LogP contribution is 2.19. The van der Waals surface area contributed by atoms with Gasteiger partial charge in [-0.1, -0.05) is 62.1 Å². The van der Waals surface area contributed by atoms with Crippen molar-refractivity contribution < 1.29 is 14.6 Å². The molecule has 0 bridgehead atoms. The van der Waals surface area contributed by atoms with Crippen molar-refractivity contribution >= 4 is 6.09 Å². The molecule has 0 aromatic heterocycles. The van der Waals surface area contributed by atoms with Crippen LogP contribution in [0.2, 0.25) is 0 Å². The number of ether oxygens (including phenoxy) is 1. The van der Waals surface area contributed by atoms with Crippen molar-refractivity contribution in [2.24, 2.45) is 5.92 Å². The zero-order chi connectivity index (χ0) is 22.9. The molecule has 0 aliphatic carbocycles. The highest BCUT2D eigenvalue weighted by molar-refractivity contribution is 5.69. The van der Waals surface area contributed by atoms with E-state index in [0.717, 1.165) is 11.1 Å². The molecule has 4 heteroatoms. The van der Waals surface area contributed by atoms with Gasteiger partial charge in [-0.2, -0.15) is 0 Å². The molecular weight excluding hydrogens is 386 g/mol. The summed E-state index contributed by atoms with van der Waals surface area (Å²) >= 11 is 0. The number of carbonyl (C=O) groups is 1. The Morgan fingerprint density at radius 3 is 1.77 bits per heavy atom. The van der Waals surface area contributed by atoms with Crippen LogP contribution in [0.15, 0.2) is 60.7 Å². The van der Waals surface area contributed by atoms with Gasteiger partial charge in [-0.15, -0.1) is 0 Å². The Labute approximate surface area is 186 Å². The summed E-state index contributed by atoms with van der Waals surface area (Å²) in [6.45, 7) is 9.40. The maximum atomic E-state index is 12.5. The minimum Gasteiger partial charge on any atom is -0.444 e. The molecule has 0 fully saturated rings. The van der Waals surface area contributed by atoms with Crippen molar-refractivity contribution in [2.45, 2.75) is 58.3 Å². The van der Waals surface area contributed by atoms with Crippen molar-refractivity contribution in [3.8, 4) is 23.7 Å². The first-order valence-corrected chi connectivity index (χ1v) is 10.5. The minimum absolute atomic E-state index is 0.184. The molecule has 0 heterocycles. The van der Waals surface area contributed by atoms with E-state index in [2.05, 4.69) is 29.0 Å². The van der Waals surface area contributed by atoms with Gasteiger partial charge in [-0.25, -0.2) is 4.79 Å². The van der Waals surface area contributed by atoms with E-state index in [9.17, 15) is 9.90 Å². The van der Waals surface area contributed by atoms with E-state index in [1.54, 1.807) is 20.8 Å². The summed E-state index contributed by atoms with van der Waals surface area (Å²) in [6.07, 6.45) is -0.137. The summed E-state index contributed by atoms with van der Waals surface area (Å²) in [5, 5.41) is 14.4. The lowest BCUT2D eigenvalue weighted by molar-refractivity contribution is 0.0381. The molecule has 2 aromatic carbocycles. The lowest BCUT2D eigenvalue weighted by atomic mass is 9.88. The van der Waals surface area contributed by atoms with E-state index in [1.165, 1.54) is 0 Å². The van der Waals surface area contributed by atoms with Crippen LogP contribution in [0.25, 0.3) is 0 Å². The Balaban J connectivity index is 2.46. The van der Waals surface area contributed by atoms with Gasteiger partial charge in [0.05, 0.1) is 6.04 Å². The van der Waals surface area contributed by atoms with E-state index in [-0.39, 0.29) is 5.92 Å². The second-order valence-electron chi connectivity index (χ2n) is 8.83. The first kappa shape index (κ1) is 24.1. The number of nitrogens with one attached hydrogen (secondary N) is 1. The van der Waals surface area contributed by atoms with E-state index >= 15 is 0 Å². The number of rotatable bonds is 4. The fourth-order valence-electron chi connectivity index (χ4n) is 2.84. The number of hydrogen-bond acceptors (Lipinski definition) is 3. The van der Waals surface area contributed by atoms with Gasteiger partial charge < -0.3 is 15.2 Å². The van der Waals surface area contributed by atoms with Gasteiger partial charge in [0.1, 0.15) is 5.60 Å². The zero-order valence-electron chi connectivity index (χ0n) is 18.9. The smallest absolute Gasteiger partial charge is 0.408 e. The summed E-state index contributed by atoms with van der Waals surface area (Å²) in [5.41, 5.74) is -0.922. The van der Waals surface area contributed by atoms with Crippen LogP contribution in [0, 0.1) is 29.6 Å². The maximum Gasteiger partial charge on any atom is 0.408 e. The molecule has 0 aliphatic heterocycles. The van der Waals surface area contributed by atoms with Gasteiger partial charge in [0, 0.05) is 11.1 Å². The van der Waals surface area contributed by atoms with Crippen molar-refractivity contribution in [3.05, 3.63) is 71.8 Å². The molecule has 162 valence electrons. The molecule has 0 spiro atoms. The van der Waals surface area contributed by atoms with Crippen molar-refractivity contribution in [3.63, 3.8) is 0 Å². The van der Waals surface area contributed by atoms with Crippen LogP contribution in [0.4, 0.5) is 4.79 Å². The quantitative estimate of drug-likeness (QED) is 0.705. The molecule has 1 amide bonds. The molecule has 31 heavy (non-hydrogen) atoms. The third-order valence-corrected chi connectivity index (χ3v) is 4.24. The average Bonchev–Trinajstić information content (AvgIpc) is 2.70. The number of carbonyl (C=O) groups excluding carboxylic acids is 1. The van der Waals surface area contributed by atoms with Gasteiger partial charge in [-0.3, -0.25) is 0 Å². The van der Waals surface area contributed by atoms with Gasteiger partial charge in [0.15, 0.2) is 0 Å². The molecule has 1 atom stereocenters. The lowest BCUT2D eigenvalue weighted by Crippen LogP contribution is -2.53. The Hall–Kier alpha value is -3.21. The Bertz CT molecular complexity index is 910. The van der Waals surface area contributed by atoms with Crippen molar-refractivity contribution in [1.29, 1.82) is 0 Å². The molecule has 2 rings (SSSR count). The first-order valence-electron chi connectivity index (χ1n) is 10.5. The van der Waals surface area contributed by atoms with Crippen LogP contribution in [0.3, 0.4) is 0 Å². The predicted octanol–water partition coefficient (Wildman–Crippen LogP) is 4.76. The lowest BCUT2D eigenvalue weighted by Gasteiger charge is -2.31. The fraction of sp³-hybridized carbons (Fsp3) is 0.370. The van der Waals surface area contributed by atoms with Gasteiger partial charge in [-0.05, 0) is 69.2 Å². The SMILES string of the molecule is CC(C)CC(NC(=O)OC(C)(C)C)C(O)(C#Cc1ccccc1)C#Cc1ccccc1. The number of aliphatic hydroxyl groups is 1. The minimum atomic E-state index is -1.77. The van der Waals surface area contributed by atoms with E-state index in [4.69, 9.17) is 4.74 Å². The molecule has 0 radical (unpaired) electrons. The third-order valence-electron chi connectivity index (χ3n) is 4.24. The van der Waals surface area contributed by atoms with Crippen LogP contribution in [0.5, 0.6) is 0 Å². The van der Waals surface area contributed by atoms with Crippen LogP contribution >= 0.6 is 0 Å². The standard InChI is InChI=1S/C27H31NO3/c1-21(2)20-24(28-25(29)31-26(3,4)5)27(30,18-16-22-12-8-6-9-13-22)19-17-23-14-10-7-11-15-23/h6-15,21,24,30H,20H2,1-5H3,(H,28,29). The van der Waals surface area contributed by atoms with Crippen LogP contribution in [-0.2, 0) is 4.74 Å². The summed E-state index contributed by atoms with van der Waals surface area (Å²) < 4.78 is 5.41. The summed E-state index contributed by atoms with van der Waals surface area (Å²) in [5.74, 6) is 12.0. The van der Waals surface area contributed by atoms with Crippen LogP contribution in [0.1, 0.15) is 52.2 Å². The highest BCUT2D eigenvalue weighted by atomic mass is 16.6. The number of amides is 1. The third kappa shape index (κ3) is 8.59. The predicted molar refractivity (Wildman–Crippen MR) is 124 cm³/mol. The monoisotopic (exact) mass is 417 g/mol. The van der Waals surface area contributed by atoms with Crippen molar-refractivity contribution in [1.82, 2.24) is 5.32 Å². The zero-order valence-corrected chi connectivity index (χ0v) is 18.9. The van der Waals surface area contributed by atoms with Crippen molar-refractivity contribution in [2.75, 3.05) is 0 Å². The van der Waals surface area contributed by atoms with E-state index in [0.29, 0.717) is 6.42 Å². The van der Waals surface area contributed by atoms with Gasteiger partial charge in [0.25, 0.3) is 0 Å². The fourth-order valence-corrected chi connectivity index (χ4v) is 2.84. The highest BCUT2D eigenvalue weighted by Gasteiger charge is 2.36. The number of benzene rings is 2. The summed E-state index contributed by atoms with van der Waals surface area (Å²) in [6, 6.07) is 18.0. The molecule has 0 saturated heterocycles. The molecule has 2 N–H and O–H groups in total. The second kappa shape index (κ2) is 10.7. The molecular formula is C27H31NO3. The largest absolute Gasteiger partial charge is 0.444 e. The second-order valence-corrected chi connectivity index (χ2v) is 8.83. The average molecular weight is 418 g/mol. The van der Waals surface area contributed by atoms with E-state index < -0.39 is 23.3 Å². The van der Waals surface area contributed by atoms with Gasteiger partial charge >= 0.3 is 6.09 Å². The van der Waals surface area contributed by atoms with Crippen LogP contribution < -0.4 is 5.32 Å². The van der Waals surface area contributed by atoms with Gasteiger partial charge in [0.2, 0.25) is 5.60 Å². The molecule has 2 aromatic rings. The molecule has 0 aliphatic rings. The van der Waals surface area contributed by atoms with E-state index in [1.807, 2.05) is 74.5 Å². The molecule has 4 nitrogen and oxygen atoms in total. The molecule has 0 saturated carbocycles. The first-order chi connectivity index (χ1) is 14.6. The Kier molecular flexibility index (Phi) is 8.31. The number of hydrogen-bond donors (Lipinski definition) is 2. The summed E-state index contributed by atoms with van der Waals surface area (Å²) in [4.78, 5) is 12.5. The van der Waals surface area contributed by atoms with Crippen LogP contribution in [-0.4, -0.2) is 28.4 Å². The maximum absolute atomic E-state index is 12.5. The topological polar surface area (TPSA) is 58.6 Å². The molecule has 1 unspecified atom stereocenters. The Morgan fingerprint density at radius 1 is 0.935 bits per heavy atom. The Morgan fingerprint density at radius 2 is 1.39 bits per heavy atom. The summed E-state index contributed by atoms with van der Waals surface area (Å²) in [7, 11) is 0. The normalized spacial score (nSPS) is 12.1. The number of alkyl carbamates (subject to hydrolysis) is 1.